The van der Waals surface area contributed by atoms with Crippen LogP contribution in [-0.2, 0) is 0 Å². The van der Waals surface area contributed by atoms with Crippen LogP contribution in [0, 0.1) is 29.6 Å². The smallest absolute Gasteiger partial charge is 0.104 e. The van der Waals surface area contributed by atoms with Gasteiger partial charge in [-0.25, -0.2) is 0 Å². The second-order valence-electron chi connectivity index (χ2n) is 15.6. The molecule has 60 heavy (non-hydrogen) atoms. The lowest BCUT2D eigenvalue weighted by atomic mass is 9.91. The van der Waals surface area contributed by atoms with Crippen molar-refractivity contribution in [3.05, 3.63) is 199 Å². The Morgan fingerprint density at radius 3 is 1.12 bits per heavy atom. The zero-order valence-electron chi connectivity index (χ0n) is 32.6. The van der Waals surface area contributed by atoms with Gasteiger partial charge < -0.3 is 13.7 Å². The van der Waals surface area contributed by atoms with E-state index in [4.69, 9.17) is 0 Å². The van der Waals surface area contributed by atoms with E-state index in [0.717, 1.165) is 104 Å². The maximum Gasteiger partial charge on any atom is 0.104 e. The van der Waals surface area contributed by atoms with Crippen molar-refractivity contribution in [1.29, 1.82) is 10.5 Å². The number of hydrogen-bond acceptors (Lipinski definition) is 2. The van der Waals surface area contributed by atoms with Gasteiger partial charge in [-0.05, 0) is 65.7 Å². The van der Waals surface area contributed by atoms with Gasteiger partial charge in [-0.1, -0.05) is 145 Å². The molecule has 0 aliphatic heterocycles. The molecule has 0 amide bonds. The van der Waals surface area contributed by atoms with E-state index < -0.39 is 0 Å². The fraction of sp³-hybridized carbons (Fsp3) is 0.0182. The third-order valence-corrected chi connectivity index (χ3v) is 12.4. The Kier molecular flexibility index (Phi) is 7.20. The molecule has 0 fully saturated rings. The number of rotatable bonds is 4. The van der Waals surface area contributed by atoms with Crippen LogP contribution in [0.4, 0.5) is 0 Å². The Balaban J connectivity index is 1.41. The predicted molar refractivity (Wildman–Crippen MR) is 247 cm³/mol. The van der Waals surface area contributed by atoms with Gasteiger partial charge in [0, 0.05) is 37.9 Å². The molecule has 5 heteroatoms. The summed E-state index contributed by atoms with van der Waals surface area (Å²) in [6.45, 7) is 2.09. The Hall–Kier alpha value is -8.38. The lowest BCUT2D eigenvalue weighted by Crippen LogP contribution is -2.14. The fourth-order valence-electron chi connectivity index (χ4n) is 9.81. The summed E-state index contributed by atoms with van der Waals surface area (Å²) in [4.78, 5) is 0. The minimum absolute atomic E-state index is 0.411. The fourth-order valence-corrected chi connectivity index (χ4v) is 9.81. The summed E-state index contributed by atoms with van der Waals surface area (Å²) in [7, 11) is 0. The van der Waals surface area contributed by atoms with Crippen molar-refractivity contribution in [3.63, 3.8) is 0 Å². The van der Waals surface area contributed by atoms with E-state index in [2.05, 4.69) is 209 Å². The predicted octanol–water partition coefficient (Wildman–Crippen LogP) is 13.8. The maximum absolute atomic E-state index is 12.0. The highest BCUT2D eigenvalue weighted by molar-refractivity contribution is 6.16. The summed E-state index contributed by atoms with van der Waals surface area (Å²) in [6.07, 6.45) is 0. The van der Waals surface area contributed by atoms with Gasteiger partial charge in [0.1, 0.15) is 23.3 Å². The molecule has 3 aromatic heterocycles. The number of nitrogens with zero attached hydrogens (tertiary/aromatic N) is 5. The molecule has 3 heterocycles. The minimum atomic E-state index is 0.411. The number of aryl methyl sites for hydroxylation is 1. The van der Waals surface area contributed by atoms with E-state index >= 15 is 0 Å². The minimum Gasteiger partial charge on any atom is -0.307 e. The number of aromatic nitrogens is 3. The molecular formula is C55H33N5. The van der Waals surface area contributed by atoms with E-state index in [1.165, 1.54) is 0 Å². The average molecular weight is 764 g/mol. The van der Waals surface area contributed by atoms with E-state index in [0.29, 0.717) is 16.8 Å². The molecule has 0 saturated heterocycles. The average Bonchev–Trinajstić information content (AvgIpc) is 3.93. The van der Waals surface area contributed by atoms with Gasteiger partial charge in [0.05, 0.1) is 50.2 Å². The molecule has 0 bridgehead atoms. The zero-order valence-corrected chi connectivity index (χ0v) is 32.6. The number of nitriles is 2. The number of para-hydroxylation sites is 5. The Morgan fingerprint density at radius 1 is 0.350 bits per heavy atom. The molecule has 0 radical (unpaired) electrons. The Bertz CT molecular complexity index is 3600. The quantitative estimate of drug-likeness (QED) is 0.179. The van der Waals surface area contributed by atoms with Crippen LogP contribution < -0.4 is 0 Å². The summed E-state index contributed by atoms with van der Waals surface area (Å²) < 4.78 is 6.72. The normalized spacial score (nSPS) is 11.7. The molecule has 0 unspecified atom stereocenters. The van der Waals surface area contributed by atoms with Crippen LogP contribution in [0.2, 0.25) is 0 Å². The third kappa shape index (κ3) is 4.60. The van der Waals surface area contributed by atoms with Crippen molar-refractivity contribution < 1.29 is 0 Å². The largest absolute Gasteiger partial charge is 0.307 e. The van der Waals surface area contributed by atoms with Crippen molar-refractivity contribution in [3.8, 4) is 40.3 Å². The van der Waals surface area contributed by atoms with Crippen LogP contribution in [-0.4, -0.2) is 13.7 Å². The Morgan fingerprint density at radius 2 is 0.700 bits per heavy atom. The summed E-state index contributed by atoms with van der Waals surface area (Å²) in [5.74, 6) is 0. The van der Waals surface area contributed by atoms with E-state index in [9.17, 15) is 10.5 Å². The van der Waals surface area contributed by atoms with Crippen molar-refractivity contribution in [1.82, 2.24) is 13.7 Å². The molecule has 9 aromatic carbocycles. The monoisotopic (exact) mass is 763 g/mol. The topological polar surface area (TPSA) is 62.4 Å². The maximum atomic E-state index is 12.0. The second-order valence-corrected chi connectivity index (χ2v) is 15.6. The highest BCUT2D eigenvalue weighted by Crippen LogP contribution is 2.49. The third-order valence-electron chi connectivity index (χ3n) is 12.4. The highest BCUT2D eigenvalue weighted by Gasteiger charge is 2.33. The van der Waals surface area contributed by atoms with E-state index in [1.807, 2.05) is 6.07 Å². The highest BCUT2D eigenvalue weighted by atomic mass is 15.1. The first-order valence-electron chi connectivity index (χ1n) is 20.1. The van der Waals surface area contributed by atoms with Crippen LogP contribution in [0.15, 0.2) is 182 Å². The number of fused-ring (bicyclic) bond motifs is 10. The molecule has 0 atom stereocenters. The molecule has 0 aliphatic carbocycles. The molecule has 12 aromatic rings. The summed E-state index contributed by atoms with van der Waals surface area (Å²) in [5.41, 5.74) is 11.4. The zero-order chi connectivity index (χ0) is 40.1. The van der Waals surface area contributed by atoms with Gasteiger partial charge in [-0.15, -0.1) is 0 Å². The number of benzene rings is 9. The van der Waals surface area contributed by atoms with Crippen LogP contribution >= 0.6 is 0 Å². The van der Waals surface area contributed by atoms with Crippen molar-refractivity contribution in [2.75, 3.05) is 0 Å². The van der Waals surface area contributed by atoms with Crippen LogP contribution in [0.3, 0.4) is 0 Å². The molecular weight excluding hydrogens is 731 g/mol. The van der Waals surface area contributed by atoms with Crippen molar-refractivity contribution >= 4 is 76.2 Å². The Labute approximate surface area is 345 Å². The molecule has 5 nitrogen and oxygen atoms in total. The lowest BCUT2D eigenvalue weighted by Gasteiger charge is -2.26. The van der Waals surface area contributed by atoms with Crippen LogP contribution in [0.5, 0.6) is 0 Å². The first-order chi connectivity index (χ1) is 29.6. The molecule has 12 rings (SSSR count). The first kappa shape index (κ1) is 33.7. The molecule has 0 saturated carbocycles. The van der Waals surface area contributed by atoms with Crippen molar-refractivity contribution in [2.24, 2.45) is 0 Å². The summed E-state index contributed by atoms with van der Waals surface area (Å²) in [5, 5.41) is 32.6. The number of hydrogen-bond donors (Lipinski definition) is 0. The van der Waals surface area contributed by atoms with Crippen LogP contribution in [0.1, 0.15) is 16.7 Å². The van der Waals surface area contributed by atoms with Gasteiger partial charge in [0.2, 0.25) is 0 Å². The van der Waals surface area contributed by atoms with Gasteiger partial charge in [0.25, 0.3) is 0 Å². The van der Waals surface area contributed by atoms with Gasteiger partial charge >= 0.3 is 0 Å². The molecule has 0 N–H and O–H groups in total. The van der Waals surface area contributed by atoms with Gasteiger partial charge in [-0.2, -0.15) is 10.5 Å². The van der Waals surface area contributed by atoms with E-state index in [1.54, 1.807) is 0 Å². The molecule has 0 aliphatic rings. The van der Waals surface area contributed by atoms with Crippen LogP contribution in [0.25, 0.3) is 104 Å². The van der Waals surface area contributed by atoms with E-state index in [-0.39, 0.29) is 0 Å². The lowest BCUT2D eigenvalue weighted by molar-refractivity contribution is 1.08. The summed E-state index contributed by atoms with van der Waals surface area (Å²) in [6, 6.07) is 68.9. The van der Waals surface area contributed by atoms with Gasteiger partial charge in [0.15, 0.2) is 0 Å². The molecule has 0 spiro atoms. The van der Waals surface area contributed by atoms with Crippen molar-refractivity contribution in [2.45, 2.75) is 6.92 Å². The summed E-state index contributed by atoms with van der Waals surface area (Å²) >= 11 is 0. The first-order valence-corrected chi connectivity index (χ1v) is 20.1. The molecule has 278 valence electrons. The standard InChI is InChI=1S/C55H33N5/c1-34-26-28-35(29-27-34)52-54(58-46-21-9-4-16-38(46)39-17-5-10-22-47(39)58)44(32-56)53(45(33-57)55(52)59-48-23-11-6-18-40(48)41-19-7-12-24-49(41)59)60-50-25-13-8-20-42(50)43-30-36-14-2-3-15-37(36)31-51(43)60/h2-31H,1H3. The second kappa shape index (κ2) is 12.8. The SMILES string of the molecule is Cc1ccc(-c2c(-n3c4ccccc4c4ccccc43)c(C#N)c(-n3c4ccccc4c4cc5ccccc5cc43)c(C#N)c2-n2c3ccccc3c3ccccc32)cc1. The van der Waals surface area contributed by atoms with Gasteiger partial charge in [-0.3, -0.25) is 0 Å².